The minimum atomic E-state index is -2.03. The Morgan fingerprint density at radius 2 is 0.938 bits per heavy atom. The molecule has 0 aromatic carbocycles. The minimum absolute atomic E-state index is 0.693. The highest BCUT2D eigenvalue weighted by atomic mass is 16.8. The van der Waals surface area contributed by atoms with Gasteiger partial charge in [0.1, 0.15) is 97.6 Å². The molecule has 48 heavy (non-hydrogen) atoms. The molecule has 4 saturated heterocycles. The van der Waals surface area contributed by atoms with E-state index < -0.39 is 155 Å². The van der Waals surface area contributed by atoms with Crippen molar-refractivity contribution in [1.29, 1.82) is 0 Å². The second-order valence-electron chi connectivity index (χ2n) is 11.9. The average Bonchev–Trinajstić information content (AvgIpc) is 3.06. The number of nitrogens with one attached hydrogen (secondary N) is 1. The molecule has 22 heteroatoms. The van der Waals surface area contributed by atoms with Crippen LogP contribution in [0.15, 0.2) is 0 Å². The first-order chi connectivity index (χ1) is 22.7. The molecule has 1 amide bonds. The molecule has 20 atom stereocenters. The lowest BCUT2D eigenvalue weighted by molar-refractivity contribution is -0.385. The van der Waals surface area contributed by atoms with Crippen LogP contribution >= 0.6 is 0 Å². The van der Waals surface area contributed by atoms with Crippen molar-refractivity contribution in [3.63, 3.8) is 0 Å². The molecule has 4 aliphatic rings. The van der Waals surface area contributed by atoms with Gasteiger partial charge in [-0.05, 0) is 0 Å². The van der Waals surface area contributed by atoms with Crippen LogP contribution in [0.4, 0.5) is 0 Å². The van der Waals surface area contributed by atoms with Gasteiger partial charge in [-0.25, -0.2) is 0 Å². The highest BCUT2D eigenvalue weighted by molar-refractivity contribution is 5.73. The predicted octanol–water partition coefficient (Wildman–Crippen LogP) is -9.61. The largest absolute Gasteiger partial charge is 0.394 e. The molecule has 0 aliphatic carbocycles. The first-order valence-electron chi connectivity index (χ1n) is 15.1. The summed E-state index contributed by atoms with van der Waals surface area (Å²) in [6, 6.07) is -1.49. The Balaban J connectivity index is 1.51. The fourth-order valence-corrected chi connectivity index (χ4v) is 5.95. The van der Waals surface area contributed by atoms with E-state index >= 15 is 0 Å². The summed E-state index contributed by atoms with van der Waals surface area (Å²) in [7, 11) is 0. The Hall–Kier alpha value is -1.33. The van der Waals surface area contributed by atoms with Crippen molar-refractivity contribution in [2.75, 3.05) is 26.4 Å². The molecule has 0 saturated carbocycles. The van der Waals surface area contributed by atoms with Crippen LogP contribution in [0.25, 0.3) is 0 Å². The van der Waals surface area contributed by atoms with Crippen molar-refractivity contribution in [2.45, 2.75) is 130 Å². The molecule has 22 nitrogen and oxygen atoms in total. The molecule has 0 spiro atoms. The van der Waals surface area contributed by atoms with Crippen LogP contribution in [0.3, 0.4) is 0 Å². The maximum atomic E-state index is 11.8. The van der Waals surface area contributed by atoms with E-state index in [4.69, 9.17) is 33.2 Å². The number of hydrogen-bond acceptors (Lipinski definition) is 21. The zero-order valence-electron chi connectivity index (χ0n) is 25.5. The lowest BCUT2D eigenvalue weighted by Crippen LogP contribution is -2.69. The lowest BCUT2D eigenvalue weighted by atomic mass is 9.95. The Labute approximate surface area is 272 Å². The van der Waals surface area contributed by atoms with Crippen molar-refractivity contribution in [1.82, 2.24) is 5.32 Å². The van der Waals surface area contributed by atoms with Gasteiger partial charge < -0.3 is 105 Å². The highest BCUT2D eigenvalue weighted by Gasteiger charge is 2.55. The van der Waals surface area contributed by atoms with E-state index in [2.05, 4.69) is 5.32 Å². The summed E-state index contributed by atoms with van der Waals surface area (Å²) in [6.45, 7) is -2.35. The van der Waals surface area contributed by atoms with Crippen LogP contribution in [0, 0.1) is 0 Å². The van der Waals surface area contributed by atoms with Gasteiger partial charge in [0.15, 0.2) is 25.2 Å². The number of aliphatic hydroxyl groups excluding tert-OH is 13. The first-order valence-corrected chi connectivity index (χ1v) is 15.1. The van der Waals surface area contributed by atoms with Gasteiger partial charge >= 0.3 is 0 Å². The monoisotopic (exact) mass is 707 g/mol. The number of rotatable bonds is 11. The van der Waals surface area contributed by atoms with Gasteiger partial charge in [-0.1, -0.05) is 0 Å². The number of ether oxygens (including phenoxy) is 7. The third-order valence-corrected chi connectivity index (χ3v) is 8.61. The molecule has 0 aromatic heterocycles. The quantitative estimate of drug-likeness (QED) is 0.0947. The molecule has 4 heterocycles. The van der Waals surface area contributed by atoms with Gasteiger partial charge in [0.25, 0.3) is 0 Å². The maximum Gasteiger partial charge on any atom is 0.217 e. The Kier molecular flexibility index (Phi) is 13.8. The number of carbonyl (C=O) groups is 1. The fourth-order valence-electron chi connectivity index (χ4n) is 5.95. The summed E-state index contributed by atoms with van der Waals surface area (Å²) in [4.78, 5) is 11.8. The standard InChI is InChI=1S/C26H45NO21/c1-6(32)27-11-14(35)12(33)7(2-28)43-24(11)48-22-13(34)8(3-29)44-26(19(22)40)47-21-10(5-31)45-25(18(39)16(21)37)46-20-9(4-30)42-23(41)17(38)15(20)36/h7-26,28-31,33-41H,2-5H2,1H3,(H,27,32)/t7-,8-,9-,10-,11-,12-,13+,14-,15-,16-,17-,18-,19-,20-,21+,22+,23?,24+,25+,26-/m1/s1. The summed E-state index contributed by atoms with van der Waals surface area (Å²) in [5, 5.41) is 136. The topological polar surface area (TPSA) is 357 Å². The Morgan fingerprint density at radius 3 is 1.48 bits per heavy atom. The van der Waals surface area contributed by atoms with Crippen LogP contribution in [0.2, 0.25) is 0 Å². The molecule has 14 N–H and O–H groups in total. The summed E-state index contributed by atoms with van der Waals surface area (Å²) in [6.07, 6.45) is -33.5. The van der Waals surface area contributed by atoms with Crippen LogP contribution in [-0.4, -0.2) is 221 Å². The molecule has 0 radical (unpaired) electrons. The average molecular weight is 708 g/mol. The third-order valence-electron chi connectivity index (χ3n) is 8.61. The molecule has 4 rings (SSSR count). The number of carbonyl (C=O) groups excluding carboxylic acids is 1. The Morgan fingerprint density at radius 1 is 0.500 bits per heavy atom. The van der Waals surface area contributed by atoms with Gasteiger partial charge in [0.05, 0.1) is 26.4 Å². The SMILES string of the molecule is CC(=O)N[C@H]1[C@H](O[C@H]2[C@@H](O)[C@@H](CO)O[C@H](O[C@@H]3[C@H](O)[C@@H](O)[C@H](O[C@H]4[C@H](O)[C@@H](O)C(O)O[C@@H]4CO)O[C@@H]3CO)[C@@H]2O)O[C@H](CO)[C@@H](O)[C@@H]1O. The molecule has 4 aliphatic heterocycles. The molecule has 4 fully saturated rings. The van der Waals surface area contributed by atoms with Crippen LogP contribution in [-0.2, 0) is 38.0 Å². The summed E-state index contributed by atoms with van der Waals surface area (Å²) < 4.78 is 38.4. The van der Waals surface area contributed by atoms with Crippen molar-refractivity contribution >= 4 is 5.91 Å². The molecule has 0 aromatic rings. The predicted molar refractivity (Wildman–Crippen MR) is 145 cm³/mol. The first kappa shape index (κ1) is 39.5. The summed E-state index contributed by atoms with van der Waals surface area (Å²) >= 11 is 0. The van der Waals surface area contributed by atoms with E-state index in [1.54, 1.807) is 0 Å². The van der Waals surface area contributed by atoms with E-state index in [-0.39, 0.29) is 0 Å². The smallest absolute Gasteiger partial charge is 0.217 e. The number of amides is 1. The molecular formula is C26H45NO21. The van der Waals surface area contributed by atoms with Crippen molar-refractivity contribution in [3.8, 4) is 0 Å². The van der Waals surface area contributed by atoms with Crippen LogP contribution in [0.5, 0.6) is 0 Å². The molecule has 280 valence electrons. The zero-order valence-corrected chi connectivity index (χ0v) is 25.5. The van der Waals surface area contributed by atoms with Crippen LogP contribution < -0.4 is 5.32 Å². The zero-order chi connectivity index (χ0) is 35.6. The van der Waals surface area contributed by atoms with E-state index in [1.165, 1.54) is 0 Å². The van der Waals surface area contributed by atoms with E-state index in [0.29, 0.717) is 0 Å². The second kappa shape index (κ2) is 16.8. The summed E-state index contributed by atoms with van der Waals surface area (Å²) in [5.74, 6) is -0.693. The van der Waals surface area contributed by atoms with Gasteiger partial charge in [0.2, 0.25) is 5.91 Å². The van der Waals surface area contributed by atoms with Gasteiger partial charge in [-0.3, -0.25) is 4.79 Å². The van der Waals surface area contributed by atoms with Gasteiger partial charge in [0, 0.05) is 6.92 Å². The molecular weight excluding hydrogens is 662 g/mol. The third kappa shape index (κ3) is 8.08. The van der Waals surface area contributed by atoms with Crippen molar-refractivity contribution < 1.29 is 104 Å². The van der Waals surface area contributed by atoms with Gasteiger partial charge in [-0.2, -0.15) is 0 Å². The lowest BCUT2D eigenvalue weighted by Gasteiger charge is -2.49. The van der Waals surface area contributed by atoms with Gasteiger partial charge in [-0.15, -0.1) is 0 Å². The van der Waals surface area contributed by atoms with E-state index in [9.17, 15) is 71.2 Å². The number of aliphatic hydroxyl groups is 13. The van der Waals surface area contributed by atoms with E-state index in [0.717, 1.165) is 6.92 Å². The van der Waals surface area contributed by atoms with Crippen LogP contribution in [0.1, 0.15) is 6.92 Å². The maximum absolute atomic E-state index is 11.8. The molecule has 1 unspecified atom stereocenters. The second-order valence-corrected chi connectivity index (χ2v) is 11.9. The fraction of sp³-hybridized carbons (Fsp3) is 0.962. The van der Waals surface area contributed by atoms with Crippen molar-refractivity contribution in [3.05, 3.63) is 0 Å². The minimum Gasteiger partial charge on any atom is -0.394 e. The van der Waals surface area contributed by atoms with E-state index in [1.807, 2.05) is 0 Å². The normalized spacial score (nSPS) is 50.2. The highest BCUT2D eigenvalue weighted by Crippen LogP contribution is 2.34. The summed E-state index contributed by atoms with van der Waals surface area (Å²) in [5.41, 5.74) is 0. The van der Waals surface area contributed by atoms with Crippen molar-refractivity contribution in [2.24, 2.45) is 0 Å². The number of hydrogen-bond donors (Lipinski definition) is 14. The molecule has 0 bridgehead atoms. The Bertz CT molecular complexity index is 1030.